The third-order valence-electron chi connectivity index (χ3n) is 4.36. The molecule has 26 heavy (non-hydrogen) atoms. The molecule has 0 atom stereocenters. The molecule has 2 aromatic carbocycles. The minimum absolute atomic E-state index is 0.111. The highest BCUT2D eigenvalue weighted by Gasteiger charge is 2.28. The van der Waals surface area contributed by atoms with Crippen molar-refractivity contribution in [1.29, 1.82) is 0 Å². The first-order valence-electron chi connectivity index (χ1n) is 8.17. The van der Waals surface area contributed by atoms with Crippen molar-refractivity contribution < 1.29 is 13.2 Å². The van der Waals surface area contributed by atoms with Gasteiger partial charge in [0.1, 0.15) is 0 Å². The van der Waals surface area contributed by atoms with Crippen LogP contribution in [-0.4, -0.2) is 31.7 Å². The van der Waals surface area contributed by atoms with E-state index in [1.54, 1.807) is 31.2 Å². The van der Waals surface area contributed by atoms with Crippen molar-refractivity contribution in [3.63, 3.8) is 0 Å². The number of amides is 1. The fraction of sp³-hybridized carbons (Fsp3) is 0.278. The van der Waals surface area contributed by atoms with Crippen LogP contribution in [0.5, 0.6) is 0 Å². The minimum atomic E-state index is -3.60. The molecule has 0 aromatic heterocycles. The molecule has 0 unspecified atom stereocenters. The monoisotopic (exact) mass is 412 g/mol. The fourth-order valence-corrected chi connectivity index (χ4v) is 4.92. The van der Waals surface area contributed by atoms with E-state index in [9.17, 15) is 13.2 Å². The molecule has 0 bridgehead atoms. The molecule has 0 saturated carbocycles. The molecule has 0 radical (unpaired) electrons. The van der Waals surface area contributed by atoms with Gasteiger partial charge in [-0.25, -0.2) is 8.42 Å². The first-order chi connectivity index (χ1) is 12.3. The number of hydrogen-bond acceptors (Lipinski definition) is 3. The number of para-hydroxylation sites is 1. The Morgan fingerprint density at radius 1 is 1.08 bits per heavy atom. The van der Waals surface area contributed by atoms with Crippen molar-refractivity contribution in [1.82, 2.24) is 4.31 Å². The summed E-state index contributed by atoms with van der Waals surface area (Å²) in [5.74, 6) is -0.462. The number of halogens is 2. The maximum atomic E-state index is 12.7. The van der Waals surface area contributed by atoms with Gasteiger partial charge >= 0.3 is 0 Å². The molecular formula is C18H18Cl2N2O3S. The first-order valence-corrected chi connectivity index (χ1v) is 10.4. The molecule has 1 heterocycles. The predicted octanol–water partition coefficient (Wildman–Crippen LogP) is 4.34. The fourth-order valence-electron chi connectivity index (χ4n) is 2.88. The van der Waals surface area contributed by atoms with Gasteiger partial charge in [0.05, 0.1) is 20.6 Å². The van der Waals surface area contributed by atoms with Crippen LogP contribution in [0.15, 0.2) is 41.3 Å². The highest BCUT2D eigenvalue weighted by molar-refractivity contribution is 7.89. The lowest BCUT2D eigenvalue weighted by molar-refractivity contribution is 0.102. The highest BCUT2D eigenvalue weighted by Crippen LogP contribution is 2.31. The Bertz CT molecular complexity index is 935. The Morgan fingerprint density at radius 3 is 2.31 bits per heavy atom. The number of carbonyl (C=O) groups is 1. The number of aryl methyl sites for hydroxylation is 1. The molecular weight excluding hydrogens is 395 g/mol. The standard InChI is InChI=1S/C18H18Cl2N2O3S/c1-12-7-8-13(26(24,25)22-9-2-3-10-22)11-14(12)18(23)21-17-15(19)5-4-6-16(17)20/h4-8,11H,2-3,9-10H2,1H3,(H,21,23). The maximum absolute atomic E-state index is 12.7. The van der Waals surface area contributed by atoms with Gasteiger partial charge in [0.15, 0.2) is 0 Å². The van der Waals surface area contributed by atoms with Crippen molar-refractivity contribution in [2.45, 2.75) is 24.7 Å². The summed E-state index contributed by atoms with van der Waals surface area (Å²) < 4.78 is 26.9. The number of nitrogens with one attached hydrogen (secondary N) is 1. The van der Waals surface area contributed by atoms with Crippen LogP contribution in [0.4, 0.5) is 5.69 Å². The molecule has 1 N–H and O–H groups in total. The Labute approximate surface area is 163 Å². The van der Waals surface area contributed by atoms with Crippen LogP contribution < -0.4 is 5.32 Å². The van der Waals surface area contributed by atoms with Crippen LogP contribution in [0.3, 0.4) is 0 Å². The predicted molar refractivity (Wildman–Crippen MR) is 104 cm³/mol. The molecule has 5 nitrogen and oxygen atoms in total. The molecule has 1 fully saturated rings. The topological polar surface area (TPSA) is 66.5 Å². The summed E-state index contributed by atoms with van der Waals surface area (Å²) in [6.07, 6.45) is 1.70. The van der Waals surface area contributed by atoms with E-state index in [0.717, 1.165) is 12.8 Å². The van der Waals surface area contributed by atoms with Crippen LogP contribution in [0.1, 0.15) is 28.8 Å². The molecule has 8 heteroatoms. The van der Waals surface area contributed by atoms with Crippen molar-refractivity contribution in [3.8, 4) is 0 Å². The Kier molecular flexibility index (Phi) is 5.58. The SMILES string of the molecule is Cc1ccc(S(=O)(=O)N2CCCC2)cc1C(=O)Nc1c(Cl)cccc1Cl. The molecule has 1 amide bonds. The largest absolute Gasteiger partial charge is 0.319 e. The number of hydrogen-bond donors (Lipinski definition) is 1. The van der Waals surface area contributed by atoms with Gasteiger partial charge in [-0.05, 0) is 49.6 Å². The molecule has 2 aromatic rings. The van der Waals surface area contributed by atoms with E-state index >= 15 is 0 Å². The second-order valence-corrected chi connectivity index (χ2v) is 8.89. The minimum Gasteiger partial charge on any atom is -0.319 e. The van der Waals surface area contributed by atoms with Crippen LogP contribution in [-0.2, 0) is 10.0 Å². The lowest BCUT2D eigenvalue weighted by atomic mass is 10.1. The lowest BCUT2D eigenvalue weighted by Crippen LogP contribution is -2.28. The van der Waals surface area contributed by atoms with Crippen LogP contribution >= 0.6 is 23.2 Å². The normalized spacial score (nSPS) is 15.2. The van der Waals surface area contributed by atoms with Crippen molar-refractivity contribution in [2.24, 2.45) is 0 Å². The summed E-state index contributed by atoms with van der Waals surface area (Å²) in [6, 6.07) is 9.47. The van der Waals surface area contributed by atoms with E-state index < -0.39 is 15.9 Å². The average molecular weight is 413 g/mol. The van der Waals surface area contributed by atoms with Crippen molar-refractivity contribution in [2.75, 3.05) is 18.4 Å². The smallest absolute Gasteiger partial charge is 0.256 e. The van der Waals surface area contributed by atoms with E-state index in [1.807, 2.05) is 0 Å². The van der Waals surface area contributed by atoms with Crippen molar-refractivity contribution >= 4 is 44.8 Å². The molecule has 0 aliphatic carbocycles. The number of benzene rings is 2. The Balaban J connectivity index is 1.94. The third kappa shape index (κ3) is 3.74. The zero-order valence-electron chi connectivity index (χ0n) is 14.1. The van der Waals surface area contributed by atoms with Gasteiger partial charge in [-0.1, -0.05) is 35.3 Å². The van der Waals surface area contributed by atoms with E-state index in [4.69, 9.17) is 23.2 Å². The third-order valence-corrected chi connectivity index (χ3v) is 6.88. The van der Waals surface area contributed by atoms with Crippen LogP contribution in [0, 0.1) is 6.92 Å². The zero-order valence-corrected chi connectivity index (χ0v) is 16.5. The Hall–Kier alpha value is -1.60. The van der Waals surface area contributed by atoms with E-state index in [-0.39, 0.29) is 10.5 Å². The van der Waals surface area contributed by atoms with E-state index in [2.05, 4.69) is 5.32 Å². The second kappa shape index (κ2) is 7.56. The molecule has 3 rings (SSSR count). The van der Waals surface area contributed by atoms with Crippen LogP contribution in [0.2, 0.25) is 10.0 Å². The summed E-state index contributed by atoms with van der Waals surface area (Å²) in [5, 5.41) is 3.29. The maximum Gasteiger partial charge on any atom is 0.256 e. The number of rotatable bonds is 4. The van der Waals surface area contributed by atoms with Gasteiger partial charge in [-0.2, -0.15) is 4.31 Å². The zero-order chi connectivity index (χ0) is 18.9. The van der Waals surface area contributed by atoms with Gasteiger partial charge < -0.3 is 5.32 Å². The number of sulfonamides is 1. The summed E-state index contributed by atoms with van der Waals surface area (Å²) >= 11 is 12.2. The summed E-state index contributed by atoms with van der Waals surface area (Å²) in [5.41, 5.74) is 1.22. The Morgan fingerprint density at radius 2 is 1.69 bits per heavy atom. The molecule has 1 saturated heterocycles. The molecule has 1 aliphatic heterocycles. The summed E-state index contributed by atoms with van der Waals surface area (Å²) in [7, 11) is -3.60. The molecule has 0 spiro atoms. The van der Waals surface area contributed by atoms with Gasteiger partial charge in [0.2, 0.25) is 10.0 Å². The van der Waals surface area contributed by atoms with Gasteiger partial charge in [-0.15, -0.1) is 0 Å². The van der Waals surface area contributed by atoms with Gasteiger partial charge in [0.25, 0.3) is 5.91 Å². The summed E-state index contributed by atoms with van der Waals surface area (Å²) in [4.78, 5) is 12.8. The van der Waals surface area contributed by atoms with Crippen LogP contribution in [0.25, 0.3) is 0 Å². The lowest BCUT2D eigenvalue weighted by Gasteiger charge is -2.17. The number of carbonyl (C=O) groups excluding carboxylic acids is 1. The molecule has 138 valence electrons. The second-order valence-electron chi connectivity index (χ2n) is 6.14. The van der Waals surface area contributed by atoms with Crippen molar-refractivity contribution in [3.05, 3.63) is 57.6 Å². The average Bonchev–Trinajstić information content (AvgIpc) is 3.14. The van der Waals surface area contributed by atoms with E-state index in [1.165, 1.54) is 16.4 Å². The van der Waals surface area contributed by atoms with Gasteiger partial charge in [0, 0.05) is 18.7 Å². The summed E-state index contributed by atoms with van der Waals surface area (Å²) in [6.45, 7) is 2.76. The van der Waals surface area contributed by atoms with E-state index in [0.29, 0.717) is 34.4 Å². The molecule has 1 aliphatic rings. The number of anilines is 1. The highest BCUT2D eigenvalue weighted by atomic mass is 35.5. The quantitative estimate of drug-likeness (QED) is 0.811. The first kappa shape index (κ1) is 19.2. The van der Waals surface area contributed by atoms with Gasteiger partial charge in [-0.3, -0.25) is 4.79 Å². The number of nitrogens with zero attached hydrogens (tertiary/aromatic N) is 1.